The minimum Gasteiger partial charge on any atom is -0.368 e. The molecule has 1 fully saturated rings. The summed E-state index contributed by atoms with van der Waals surface area (Å²) in [4.78, 5) is 10.1. The van der Waals surface area contributed by atoms with Crippen molar-refractivity contribution < 1.29 is 4.79 Å². The van der Waals surface area contributed by atoms with Crippen LogP contribution in [-0.2, 0) is 4.79 Å². The molecule has 3 nitrogen and oxygen atoms in total. The van der Waals surface area contributed by atoms with Crippen molar-refractivity contribution in [3.8, 4) is 0 Å². The standard InChI is InChI=1S/C4H8N2O.C4H10/c5-4(7)3-1-2-6-3;1-4(2)3/h3,6H,1-2H2,(H2,5,7);4H,1-3H3/t3-;/m0./s1. The number of nitrogens with one attached hydrogen (secondary N) is 1. The molecule has 1 amide bonds. The van der Waals surface area contributed by atoms with Gasteiger partial charge in [-0.2, -0.15) is 0 Å². The molecule has 1 atom stereocenters. The Labute approximate surface area is 68.3 Å². The lowest BCUT2D eigenvalue weighted by Gasteiger charge is -2.23. The van der Waals surface area contributed by atoms with E-state index in [0.717, 1.165) is 18.9 Å². The van der Waals surface area contributed by atoms with Gasteiger partial charge >= 0.3 is 0 Å². The molecule has 0 saturated carbocycles. The Morgan fingerprint density at radius 2 is 1.91 bits per heavy atom. The van der Waals surface area contributed by atoms with Crippen LogP contribution in [0.4, 0.5) is 0 Å². The summed E-state index contributed by atoms with van der Waals surface area (Å²) in [5, 5.41) is 2.87. The number of nitrogens with two attached hydrogens (primary N) is 1. The van der Waals surface area contributed by atoms with Crippen LogP contribution in [0.1, 0.15) is 27.2 Å². The first-order valence-corrected chi connectivity index (χ1v) is 4.06. The summed E-state index contributed by atoms with van der Waals surface area (Å²) < 4.78 is 0. The van der Waals surface area contributed by atoms with Gasteiger partial charge in [-0.25, -0.2) is 0 Å². The molecule has 1 rings (SSSR count). The van der Waals surface area contributed by atoms with Crippen LogP contribution < -0.4 is 11.1 Å². The van der Waals surface area contributed by atoms with E-state index in [1.54, 1.807) is 0 Å². The fourth-order valence-electron chi connectivity index (χ4n) is 0.532. The first kappa shape index (κ1) is 10.4. The highest BCUT2D eigenvalue weighted by atomic mass is 16.1. The molecule has 0 aliphatic carbocycles. The number of carbonyl (C=O) groups is 1. The molecule has 1 heterocycles. The summed E-state index contributed by atoms with van der Waals surface area (Å²) in [6.07, 6.45) is 0.912. The van der Waals surface area contributed by atoms with E-state index in [9.17, 15) is 4.79 Å². The van der Waals surface area contributed by atoms with Crippen LogP contribution in [0.3, 0.4) is 0 Å². The molecule has 0 aromatic rings. The second-order valence-electron chi connectivity index (χ2n) is 3.43. The summed E-state index contributed by atoms with van der Waals surface area (Å²) in [5.74, 6) is 0.603. The second kappa shape index (κ2) is 5.13. The Morgan fingerprint density at radius 1 is 1.55 bits per heavy atom. The van der Waals surface area contributed by atoms with Crippen LogP contribution in [-0.4, -0.2) is 18.5 Å². The topological polar surface area (TPSA) is 55.1 Å². The van der Waals surface area contributed by atoms with Crippen molar-refractivity contribution >= 4 is 5.91 Å². The van der Waals surface area contributed by atoms with Gasteiger partial charge in [0.1, 0.15) is 0 Å². The third kappa shape index (κ3) is 5.85. The Morgan fingerprint density at radius 3 is 1.91 bits per heavy atom. The number of hydrogen-bond donors (Lipinski definition) is 2. The summed E-state index contributed by atoms with van der Waals surface area (Å²) in [6.45, 7) is 7.44. The third-order valence-corrected chi connectivity index (χ3v) is 1.17. The van der Waals surface area contributed by atoms with E-state index < -0.39 is 0 Å². The summed E-state index contributed by atoms with van der Waals surface area (Å²) in [7, 11) is 0. The van der Waals surface area contributed by atoms with Crippen molar-refractivity contribution in [3.63, 3.8) is 0 Å². The van der Waals surface area contributed by atoms with Crippen LogP contribution in [0, 0.1) is 5.92 Å². The Bertz CT molecular complexity index is 117. The van der Waals surface area contributed by atoms with Crippen LogP contribution in [0.15, 0.2) is 0 Å². The number of primary amides is 1. The lowest BCUT2D eigenvalue weighted by molar-refractivity contribution is -0.121. The molecule has 0 radical (unpaired) electrons. The molecule has 0 aromatic carbocycles. The van der Waals surface area contributed by atoms with Gasteiger partial charge in [0.25, 0.3) is 0 Å². The predicted octanol–water partition coefficient (Wildman–Crippen LogP) is 0.496. The fourth-order valence-corrected chi connectivity index (χ4v) is 0.532. The quantitative estimate of drug-likeness (QED) is 0.583. The molecule has 0 unspecified atom stereocenters. The molecular formula is C8H18N2O. The SMILES string of the molecule is CC(C)C.NC(=O)[C@@H]1CCN1. The molecule has 3 heteroatoms. The highest BCUT2D eigenvalue weighted by molar-refractivity contribution is 5.80. The van der Waals surface area contributed by atoms with E-state index in [0.29, 0.717) is 0 Å². The zero-order chi connectivity index (χ0) is 8.85. The molecule has 66 valence electrons. The van der Waals surface area contributed by atoms with Crippen LogP contribution in [0.2, 0.25) is 0 Å². The van der Waals surface area contributed by atoms with Crippen molar-refractivity contribution in [3.05, 3.63) is 0 Å². The average Bonchev–Trinajstić information content (AvgIpc) is 1.53. The third-order valence-electron chi connectivity index (χ3n) is 1.17. The Balaban J connectivity index is 0.000000218. The van der Waals surface area contributed by atoms with Crippen LogP contribution >= 0.6 is 0 Å². The summed E-state index contributed by atoms with van der Waals surface area (Å²) in [5.41, 5.74) is 4.90. The monoisotopic (exact) mass is 158 g/mol. The second-order valence-corrected chi connectivity index (χ2v) is 3.43. The van der Waals surface area contributed by atoms with Gasteiger partial charge in [-0.05, 0) is 18.9 Å². The maximum atomic E-state index is 10.1. The maximum Gasteiger partial charge on any atom is 0.234 e. The zero-order valence-corrected chi connectivity index (χ0v) is 7.55. The first-order valence-electron chi connectivity index (χ1n) is 4.06. The number of hydrogen-bond acceptors (Lipinski definition) is 2. The van der Waals surface area contributed by atoms with E-state index in [-0.39, 0.29) is 11.9 Å². The zero-order valence-electron chi connectivity index (χ0n) is 7.55. The first-order chi connectivity index (χ1) is 5.04. The normalized spacial score (nSPS) is 21.6. The van der Waals surface area contributed by atoms with Crippen LogP contribution in [0.5, 0.6) is 0 Å². The number of carbonyl (C=O) groups excluding carboxylic acids is 1. The molecule has 0 aromatic heterocycles. The van der Waals surface area contributed by atoms with Gasteiger partial charge in [-0.15, -0.1) is 0 Å². The van der Waals surface area contributed by atoms with Gasteiger partial charge < -0.3 is 11.1 Å². The molecule has 3 N–H and O–H groups in total. The summed E-state index contributed by atoms with van der Waals surface area (Å²) in [6, 6.07) is -0.0278. The lowest BCUT2D eigenvalue weighted by Crippen LogP contribution is -2.51. The van der Waals surface area contributed by atoms with Crippen molar-refractivity contribution in [2.24, 2.45) is 11.7 Å². The van der Waals surface area contributed by atoms with Gasteiger partial charge in [0.05, 0.1) is 6.04 Å². The smallest absolute Gasteiger partial charge is 0.234 e. The van der Waals surface area contributed by atoms with Crippen molar-refractivity contribution in [1.82, 2.24) is 5.32 Å². The molecule has 1 saturated heterocycles. The molecule has 1 aliphatic heterocycles. The van der Waals surface area contributed by atoms with E-state index >= 15 is 0 Å². The Kier molecular flexibility index (Phi) is 4.86. The van der Waals surface area contributed by atoms with Gasteiger partial charge in [0.2, 0.25) is 5.91 Å². The highest BCUT2D eigenvalue weighted by Gasteiger charge is 2.20. The van der Waals surface area contributed by atoms with E-state index in [2.05, 4.69) is 26.1 Å². The van der Waals surface area contributed by atoms with Crippen molar-refractivity contribution in [1.29, 1.82) is 0 Å². The average molecular weight is 158 g/mol. The maximum absolute atomic E-state index is 10.1. The molecule has 0 bridgehead atoms. The molecule has 11 heavy (non-hydrogen) atoms. The minimum absolute atomic E-state index is 0.0278. The van der Waals surface area contributed by atoms with Gasteiger partial charge in [-0.1, -0.05) is 20.8 Å². The van der Waals surface area contributed by atoms with E-state index in [1.807, 2.05) is 0 Å². The van der Waals surface area contributed by atoms with Gasteiger partial charge in [0.15, 0.2) is 0 Å². The Hall–Kier alpha value is -0.570. The van der Waals surface area contributed by atoms with E-state index in [4.69, 9.17) is 5.73 Å². The fraction of sp³-hybridized carbons (Fsp3) is 0.875. The van der Waals surface area contributed by atoms with Crippen LogP contribution in [0.25, 0.3) is 0 Å². The molecule has 1 aliphatic rings. The lowest BCUT2D eigenvalue weighted by atomic mass is 10.1. The predicted molar refractivity (Wildman–Crippen MR) is 46.1 cm³/mol. The van der Waals surface area contributed by atoms with Crippen molar-refractivity contribution in [2.75, 3.05) is 6.54 Å². The van der Waals surface area contributed by atoms with Gasteiger partial charge in [-0.3, -0.25) is 4.79 Å². The van der Waals surface area contributed by atoms with Crippen molar-refractivity contribution in [2.45, 2.75) is 33.2 Å². The van der Waals surface area contributed by atoms with E-state index in [1.165, 1.54) is 0 Å². The number of amides is 1. The molecule has 0 spiro atoms. The highest BCUT2D eigenvalue weighted by Crippen LogP contribution is 1.98. The molecular weight excluding hydrogens is 140 g/mol. The number of rotatable bonds is 1. The van der Waals surface area contributed by atoms with Gasteiger partial charge in [0, 0.05) is 0 Å². The largest absolute Gasteiger partial charge is 0.368 e. The summed E-state index contributed by atoms with van der Waals surface area (Å²) >= 11 is 0. The minimum atomic E-state index is -0.230.